The number of hydrogen-bond acceptors (Lipinski definition) is 4. The molecule has 0 aromatic heterocycles. The number of carbonyl (C=O) groups is 1. The summed E-state index contributed by atoms with van der Waals surface area (Å²) in [4.78, 5) is 19.2. The molecule has 1 atom stereocenters. The molecule has 7 nitrogen and oxygen atoms in total. The first-order chi connectivity index (χ1) is 14.4. The lowest BCUT2D eigenvalue weighted by Crippen LogP contribution is -2.45. The van der Waals surface area contributed by atoms with Gasteiger partial charge in [-0.2, -0.15) is 0 Å². The average molecular weight is 418 g/mol. The van der Waals surface area contributed by atoms with Gasteiger partial charge < -0.3 is 20.7 Å². The van der Waals surface area contributed by atoms with Gasteiger partial charge in [0.25, 0.3) is 5.91 Å². The summed E-state index contributed by atoms with van der Waals surface area (Å²) in [6.07, 6.45) is 2.24. The Balaban J connectivity index is 1.79. The standard InChI is InChI=1S/C23H39N5O2/c1-17(2)28(18(3)4)12-11-25-23(24-5)27-15-19-8-6-9-20(14-19)22(29)26-16-21-10-7-13-30-21/h6,8-9,14,17-18,21H,7,10-13,15-16H2,1-5H3,(H,26,29)(H2,24,25,27). The van der Waals surface area contributed by atoms with Crippen LogP contribution in [0.25, 0.3) is 0 Å². The van der Waals surface area contributed by atoms with Gasteiger partial charge in [-0.25, -0.2) is 0 Å². The van der Waals surface area contributed by atoms with Crippen molar-refractivity contribution in [2.75, 3.05) is 33.3 Å². The molecule has 1 saturated heterocycles. The van der Waals surface area contributed by atoms with Gasteiger partial charge in [0.05, 0.1) is 6.10 Å². The van der Waals surface area contributed by atoms with Gasteiger partial charge in [0, 0.05) is 57.5 Å². The smallest absolute Gasteiger partial charge is 0.251 e. The van der Waals surface area contributed by atoms with Crippen LogP contribution < -0.4 is 16.0 Å². The number of amides is 1. The van der Waals surface area contributed by atoms with E-state index in [0.717, 1.165) is 44.1 Å². The maximum atomic E-state index is 12.4. The molecule has 0 saturated carbocycles. The summed E-state index contributed by atoms with van der Waals surface area (Å²) in [5.41, 5.74) is 1.70. The number of carbonyl (C=O) groups excluding carboxylic acids is 1. The molecule has 30 heavy (non-hydrogen) atoms. The number of ether oxygens (including phenoxy) is 1. The van der Waals surface area contributed by atoms with Crippen LogP contribution in [0.3, 0.4) is 0 Å². The molecule has 2 rings (SSSR count). The molecule has 1 aromatic carbocycles. The van der Waals surface area contributed by atoms with Crippen molar-refractivity contribution in [2.45, 2.75) is 65.3 Å². The summed E-state index contributed by atoms with van der Waals surface area (Å²) in [6.45, 7) is 12.6. The first kappa shape index (κ1) is 24.2. The van der Waals surface area contributed by atoms with Crippen molar-refractivity contribution in [1.29, 1.82) is 0 Å². The molecule has 1 amide bonds. The quantitative estimate of drug-likeness (QED) is 0.402. The maximum Gasteiger partial charge on any atom is 0.251 e. The first-order valence-corrected chi connectivity index (χ1v) is 11.1. The zero-order valence-electron chi connectivity index (χ0n) is 19.2. The molecule has 1 aromatic rings. The van der Waals surface area contributed by atoms with E-state index in [4.69, 9.17) is 4.74 Å². The van der Waals surface area contributed by atoms with E-state index in [9.17, 15) is 4.79 Å². The minimum atomic E-state index is -0.0580. The molecule has 0 radical (unpaired) electrons. The van der Waals surface area contributed by atoms with Gasteiger partial charge in [-0.05, 0) is 58.2 Å². The fourth-order valence-corrected chi connectivity index (χ4v) is 3.76. The van der Waals surface area contributed by atoms with Gasteiger partial charge >= 0.3 is 0 Å². The van der Waals surface area contributed by atoms with Crippen molar-refractivity contribution in [3.8, 4) is 0 Å². The monoisotopic (exact) mass is 417 g/mol. The zero-order chi connectivity index (χ0) is 21.9. The molecule has 1 fully saturated rings. The summed E-state index contributed by atoms with van der Waals surface area (Å²) in [7, 11) is 1.77. The fraction of sp³-hybridized carbons (Fsp3) is 0.652. The lowest BCUT2D eigenvalue weighted by Gasteiger charge is -2.30. The molecular weight excluding hydrogens is 378 g/mol. The summed E-state index contributed by atoms with van der Waals surface area (Å²) in [6, 6.07) is 8.71. The normalized spacial score (nSPS) is 17.1. The van der Waals surface area contributed by atoms with Crippen LogP contribution >= 0.6 is 0 Å². The van der Waals surface area contributed by atoms with Crippen molar-refractivity contribution in [3.05, 3.63) is 35.4 Å². The molecule has 1 aliphatic rings. The van der Waals surface area contributed by atoms with E-state index in [2.05, 4.69) is 53.5 Å². The van der Waals surface area contributed by atoms with Gasteiger partial charge in [0.15, 0.2) is 5.96 Å². The van der Waals surface area contributed by atoms with Crippen LogP contribution in [0.2, 0.25) is 0 Å². The third kappa shape index (κ3) is 7.95. The molecular formula is C23H39N5O2. The third-order valence-electron chi connectivity index (χ3n) is 5.38. The van der Waals surface area contributed by atoms with Crippen LogP contribution in [0, 0.1) is 0 Å². The van der Waals surface area contributed by atoms with Crippen molar-refractivity contribution in [2.24, 2.45) is 4.99 Å². The summed E-state index contributed by atoms with van der Waals surface area (Å²) in [5.74, 6) is 0.702. The fourth-order valence-electron chi connectivity index (χ4n) is 3.76. The van der Waals surface area contributed by atoms with Crippen molar-refractivity contribution in [1.82, 2.24) is 20.9 Å². The molecule has 1 heterocycles. The average Bonchev–Trinajstić information content (AvgIpc) is 3.24. The highest BCUT2D eigenvalue weighted by molar-refractivity contribution is 5.94. The molecule has 0 spiro atoms. The van der Waals surface area contributed by atoms with Gasteiger partial charge in [0.1, 0.15) is 0 Å². The minimum absolute atomic E-state index is 0.0580. The van der Waals surface area contributed by atoms with E-state index >= 15 is 0 Å². The minimum Gasteiger partial charge on any atom is -0.376 e. The van der Waals surface area contributed by atoms with Gasteiger partial charge in [-0.1, -0.05) is 12.1 Å². The second-order valence-electron chi connectivity index (χ2n) is 8.32. The maximum absolute atomic E-state index is 12.4. The van der Waals surface area contributed by atoms with Crippen LogP contribution in [0.5, 0.6) is 0 Å². The number of rotatable bonds is 10. The Morgan fingerprint density at radius 2 is 1.97 bits per heavy atom. The number of hydrogen-bond donors (Lipinski definition) is 3. The predicted molar refractivity (Wildman–Crippen MR) is 123 cm³/mol. The Morgan fingerprint density at radius 1 is 1.20 bits per heavy atom. The van der Waals surface area contributed by atoms with Gasteiger partial charge in [-0.15, -0.1) is 0 Å². The summed E-state index contributed by atoms with van der Waals surface area (Å²) >= 11 is 0. The summed E-state index contributed by atoms with van der Waals surface area (Å²) in [5, 5.41) is 9.68. The van der Waals surface area contributed by atoms with Crippen LogP contribution in [0.1, 0.15) is 56.5 Å². The van der Waals surface area contributed by atoms with E-state index in [0.29, 0.717) is 30.7 Å². The second-order valence-corrected chi connectivity index (χ2v) is 8.32. The molecule has 1 aliphatic heterocycles. The Bertz CT molecular complexity index is 676. The largest absolute Gasteiger partial charge is 0.376 e. The van der Waals surface area contributed by atoms with Crippen molar-refractivity contribution < 1.29 is 9.53 Å². The molecule has 0 bridgehead atoms. The molecule has 0 aliphatic carbocycles. The molecule has 3 N–H and O–H groups in total. The third-order valence-corrected chi connectivity index (χ3v) is 5.38. The summed E-state index contributed by atoms with van der Waals surface area (Å²) < 4.78 is 5.57. The van der Waals surface area contributed by atoms with Crippen LogP contribution in [0.15, 0.2) is 29.3 Å². The Labute approximate surface area is 181 Å². The van der Waals surface area contributed by atoms with Crippen molar-refractivity contribution in [3.63, 3.8) is 0 Å². The van der Waals surface area contributed by atoms with E-state index < -0.39 is 0 Å². The number of nitrogens with zero attached hydrogens (tertiary/aromatic N) is 2. The van der Waals surface area contributed by atoms with Crippen LogP contribution in [-0.2, 0) is 11.3 Å². The van der Waals surface area contributed by atoms with E-state index in [1.54, 1.807) is 7.05 Å². The highest BCUT2D eigenvalue weighted by atomic mass is 16.5. The number of aliphatic imine (C=N–C) groups is 1. The molecule has 1 unspecified atom stereocenters. The Kier molecular flexibility index (Phi) is 10.1. The lowest BCUT2D eigenvalue weighted by atomic mass is 10.1. The number of nitrogens with one attached hydrogen (secondary N) is 3. The zero-order valence-corrected chi connectivity index (χ0v) is 19.2. The Morgan fingerprint density at radius 3 is 2.60 bits per heavy atom. The number of guanidine groups is 1. The van der Waals surface area contributed by atoms with Gasteiger partial charge in [-0.3, -0.25) is 14.7 Å². The van der Waals surface area contributed by atoms with E-state index in [-0.39, 0.29) is 12.0 Å². The van der Waals surface area contributed by atoms with Gasteiger partial charge in [0.2, 0.25) is 0 Å². The highest BCUT2D eigenvalue weighted by Crippen LogP contribution is 2.11. The predicted octanol–water partition coefficient (Wildman–Crippen LogP) is 2.38. The second kappa shape index (κ2) is 12.5. The topological polar surface area (TPSA) is 78.0 Å². The van der Waals surface area contributed by atoms with E-state index in [1.807, 2.05) is 24.3 Å². The lowest BCUT2D eigenvalue weighted by molar-refractivity contribution is 0.0857. The van der Waals surface area contributed by atoms with Crippen LogP contribution in [0.4, 0.5) is 0 Å². The Hall–Kier alpha value is -2.12. The van der Waals surface area contributed by atoms with Crippen LogP contribution in [-0.4, -0.2) is 68.2 Å². The highest BCUT2D eigenvalue weighted by Gasteiger charge is 2.17. The van der Waals surface area contributed by atoms with E-state index in [1.165, 1.54) is 0 Å². The van der Waals surface area contributed by atoms with Crippen molar-refractivity contribution >= 4 is 11.9 Å². The number of benzene rings is 1. The molecule has 7 heteroatoms. The SMILES string of the molecule is CN=C(NCCN(C(C)C)C(C)C)NCc1cccc(C(=O)NCC2CCCO2)c1. The molecule has 168 valence electrons. The first-order valence-electron chi connectivity index (χ1n) is 11.1.